The minimum atomic E-state index is -3.71. The molecule has 1 aliphatic carbocycles. The SMILES string of the molecule is O=S(=O)(Nc1nccnc1Cl)c1ccc2c(c1)CCCC2. The number of sulfonamides is 1. The molecule has 1 aliphatic rings. The highest BCUT2D eigenvalue weighted by Crippen LogP contribution is 2.25. The fourth-order valence-corrected chi connectivity index (χ4v) is 3.73. The number of rotatable bonds is 3. The zero-order valence-electron chi connectivity index (χ0n) is 11.2. The Balaban J connectivity index is 1.93. The van der Waals surface area contributed by atoms with Gasteiger partial charge in [0.1, 0.15) is 0 Å². The van der Waals surface area contributed by atoms with E-state index in [-0.39, 0.29) is 15.9 Å². The second-order valence-corrected chi connectivity index (χ2v) is 6.98. The van der Waals surface area contributed by atoms with Gasteiger partial charge in [0.05, 0.1) is 4.90 Å². The van der Waals surface area contributed by atoms with Crippen molar-refractivity contribution in [3.8, 4) is 0 Å². The van der Waals surface area contributed by atoms with Gasteiger partial charge < -0.3 is 0 Å². The summed E-state index contributed by atoms with van der Waals surface area (Å²) in [5.41, 5.74) is 2.34. The highest BCUT2D eigenvalue weighted by atomic mass is 35.5. The highest BCUT2D eigenvalue weighted by molar-refractivity contribution is 7.92. The van der Waals surface area contributed by atoms with Crippen molar-refractivity contribution in [2.75, 3.05) is 4.72 Å². The first kappa shape index (κ1) is 14.3. The Labute approximate surface area is 128 Å². The summed E-state index contributed by atoms with van der Waals surface area (Å²) in [7, 11) is -3.71. The predicted molar refractivity (Wildman–Crippen MR) is 80.9 cm³/mol. The third-order valence-electron chi connectivity index (χ3n) is 3.51. The van der Waals surface area contributed by atoms with Crippen molar-refractivity contribution in [1.29, 1.82) is 0 Å². The second kappa shape index (κ2) is 5.61. The number of nitrogens with one attached hydrogen (secondary N) is 1. The summed E-state index contributed by atoms with van der Waals surface area (Å²) < 4.78 is 27.2. The first-order valence-corrected chi connectivity index (χ1v) is 8.53. The van der Waals surface area contributed by atoms with Gasteiger partial charge in [-0.3, -0.25) is 4.72 Å². The van der Waals surface area contributed by atoms with Gasteiger partial charge in [-0.1, -0.05) is 17.7 Å². The molecule has 1 aromatic heterocycles. The number of aryl methyl sites for hydroxylation is 2. The molecule has 2 aromatic rings. The molecule has 5 nitrogen and oxygen atoms in total. The number of hydrogen-bond acceptors (Lipinski definition) is 4. The number of hydrogen-bond donors (Lipinski definition) is 1. The molecule has 21 heavy (non-hydrogen) atoms. The predicted octanol–water partition coefficient (Wildman–Crippen LogP) is 2.81. The van der Waals surface area contributed by atoms with Crippen molar-refractivity contribution in [3.05, 3.63) is 46.9 Å². The lowest BCUT2D eigenvalue weighted by Gasteiger charge is -2.17. The highest BCUT2D eigenvalue weighted by Gasteiger charge is 2.19. The molecule has 0 atom stereocenters. The summed E-state index contributed by atoms with van der Waals surface area (Å²) >= 11 is 5.83. The Morgan fingerprint density at radius 2 is 1.76 bits per heavy atom. The molecule has 0 spiro atoms. The molecule has 1 aromatic carbocycles. The molecule has 0 saturated carbocycles. The van der Waals surface area contributed by atoms with Gasteiger partial charge in [0.25, 0.3) is 10.0 Å². The van der Waals surface area contributed by atoms with Gasteiger partial charge in [-0.2, -0.15) is 0 Å². The molecular formula is C14H14ClN3O2S. The Bertz CT molecular complexity index is 778. The lowest BCUT2D eigenvalue weighted by atomic mass is 9.92. The Morgan fingerprint density at radius 1 is 1.05 bits per heavy atom. The van der Waals surface area contributed by atoms with Crippen LogP contribution in [0.25, 0.3) is 0 Å². The Hall–Kier alpha value is -1.66. The molecule has 0 saturated heterocycles. The van der Waals surface area contributed by atoms with Crippen LogP contribution in [0.3, 0.4) is 0 Å². The van der Waals surface area contributed by atoms with Crippen LogP contribution in [-0.4, -0.2) is 18.4 Å². The van der Waals surface area contributed by atoms with Crippen LogP contribution in [0.4, 0.5) is 5.82 Å². The molecule has 0 radical (unpaired) electrons. The third kappa shape index (κ3) is 3.01. The van der Waals surface area contributed by atoms with E-state index >= 15 is 0 Å². The first-order valence-electron chi connectivity index (χ1n) is 6.67. The third-order valence-corrected chi connectivity index (χ3v) is 5.13. The fraction of sp³-hybridized carbons (Fsp3) is 0.286. The fourth-order valence-electron chi connectivity index (χ4n) is 2.45. The van der Waals surface area contributed by atoms with Crippen molar-refractivity contribution >= 4 is 27.4 Å². The number of fused-ring (bicyclic) bond motifs is 1. The van der Waals surface area contributed by atoms with Crippen LogP contribution >= 0.6 is 11.6 Å². The zero-order valence-corrected chi connectivity index (χ0v) is 12.8. The molecule has 110 valence electrons. The second-order valence-electron chi connectivity index (χ2n) is 4.94. The van der Waals surface area contributed by atoms with Gasteiger partial charge in [-0.15, -0.1) is 0 Å². The van der Waals surface area contributed by atoms with Crippen molar-refractivity contribution in [3.63, 3.8) is 0 Å². The van der Waals surface area contributed by atoms with Gasteiger partial charge in [-0.25, -0.2) is 18.4 Å². The average Bonchev–Trinajstić information content (AvgIpc) is 2.49. The van der Waals surface area contributed by atoms with Crippen molar-refractivity contribution < 1.29 is 8.42 Å². The smallest absolute Gasteiger partial charge is 0.261 e. The first-order chi connectivity index (χ1) is 10.1. The molecule has 0 unspecified atom stereocenters. The number of benzene rings is 1. The van der Waals surface area contributed by atoms with Crippen LogP contribution in [0.5, 0.6) is 0 Å². The summed E-state index contributed by atoms with van der Waals surface area (Å²) in [6, 6.07) is 5.25. The van der Waals surface area contributed by atoms with Crippen LogP contribution < -0.4 is 4.72 Å². The molecule has 1 heterocycles. The minimum absolute atomic E-state index is 0.0269. The monoisotopic (exact) mass is 323 g/mol. The van der Waals surface area contributed by atoms with Crippen molar-refractivity contribution in [1.82, 2.24) is 9.97 Å². The molecule has 0 aliphatic heterocycles. The molecule has 0 amide bonds. The number of aromatic nitrogens is 2. The van der Waals surface area contributed by atoms with E-state index in [4.69, 9.17) is 11.6 Å². The van der Waals surface area contributed by atoms with Crippen LogP contribution in [-0.2, 0) is 22.9 Å². The van der Waals surface area contributed by atoms with Gasteiger partial charge in [0.15, 0.2) is 11.0 Å². The van der Waals surface area contributed by atoms with E-state index in [0.29, 0.717) is 0 Å². The molecular weight excluding hydrogens is 310 g/mol. The average molecular weight is 324 g/mol. The number of nitrogens with zero attached hydrogens (tertiary/aromatic N) is 2. The summed E-state index contributed by atoms with van der Waals surface area (Å²) in [6.45, 7) is 0. The van der Waals surface area contributed by atoms with E-state index in [9.17, 15) is 8.42 Å². The molecule has 7 heteroatoms. The topological polar surface area (TPSA) is 72.0 Å². The maximum Gasteiger partial charge on any atom is 0.263 e. The van der Waals surface area contributed by atoms with E-state index in [1.807, 2.05) is 6.07 Å². The van der Waals surface area contributed by atoms with E-state index < -0.39 is 10.0 Å². The molecule has 0 bridgehead atoms. The summed E-state index contributed by atoms with van der Waals surface area (Å²) in [6.07, 6.45) is 6.98. The molecule has 0 fully saturated rings. The van der Waals surface area contributed by atoms with Crippen LogP contribution in [0.15, 0.2) is 35.5 Å². The maximum atomic E-state index is 12.4. The number of anilines is 1. The Morgan fingerprint density at radius 3 is 2.52 bits per heavy atom. The van der Waals surface area contributed by atoms with Crippen LogP contribution in [0.1, 0.15) is 24.0 Å². The molecule has 1 N–H and O–H groups in total. The Kier molecular flexibility index (Phi) is 3.82. The number of halogens is 1. The normalized spacial score (nSPS) is 14.5. The van der Waals surface area contributed by atoms with Gasteiger partial charge in [-0.05, 0) is 48.9 Å². The van der Waals surface area contributed by atoms with Crippen molar-refractivity contribution in [2.24, 2.45) is 0 Å². The van der Waals surface area contributed by atoms with E-state index in [1.165, 1.54) is 18.0 Å². The standard InChI is InChI=1S/C14H14ClN3O2S/c15-13-14(17-8-7-16-13)18-21(19,20)12-6-5-10-3-1-2-4-11(10)9-12/h5-9H,1-4H2,(H,17,18). The van der Waals surface area contributed by atoms with Gasteiger partial charge in [0.2, 0.25) is 0 Å². The van der Waals surface area contributed by atoms with E-state index in [1.54, 1.807) is 12.1 Å². The van der Waals surface area contributed by atoms with Gasteiger partial charge in [0, 0.05) is 12.4 Å². The summed E-state index contributed by atoms with van der Waals surface area (Å²) in [4.78, 5) is 7.92. The van der Waals surface area contributed by atoms with Crippen molar-refractivity contribution in [2.45, 2.75) is 30.6 Å². The van der Waals surface area contributed by atoms with Crippen LogP contribution in [0, 0.1) is 0 Å². The summed E-state index contributed by atoms with van der Waals surface area (Å²) in [5, 5.41) is 0.0269. The minimum Gasteiger partial charge on any atom is -0.261 e. The largest absolute Gasteiger partial charge is 0.263 e. The van der Waals surface area contributed by atoms with E-state index in [2.05, 4.69) is 14.7 Å². The maximum absolute atomic E-state index is 12.4. The van der Waals surface area contributed by atoms with E-state index in [0.717, 1.165) is 31.2 Å². The lowest BCUT2D eigenvalue weighted by Crippen LogP contribution is -2.15. The van der Waals surface area contributed by atoms with Gasteiger partial charge >= 0.3 is 0 Å². The summed E-state index contributed by atoms with van der Waals surface area (Å²) in [5.74, 6) is 0.0388. The molecule has 3 rings (SSSR count). The zero-order chi connectivity index (χ0) is 14.9. The quantitative estimate of drug-likeness (QED) is 0.942. The van der Waals surface area contributed by atoms with Crippen LogP contribution in [0.2, 0.25) is 5.15 Å². The lowest BCUT2D eigenvalue weighted by molar-refractivity contribution is 0.600.